The lowest BCUT2D eigenvalue weighted by Crippen LogP contribution is -2.13. The van der Waals surface area contributed by atoms with Crippen LogP contribution < -0.4 is 14.8 Å². The predicted octanol–water partition coefficient (Wildman–Crippen LogP) is 4.94. The number of hydrogen-bond acceptors (Lipinski definition) is 5. The molecular weight excluding hydrogens is 392 g/mol. The van der Waals surface area contributed by atoms with Crippen molar-refractivity contribution >= 4 is 11.6 Å². The van der Waals surface area contributed by atoms with Crippen LogP contribution >= 0.6 is 0 Å². The molecule has 0 atom stereocenters. The van der Waals surface area contributed by atoms with Crippen LogP contribution in [-0.4, -0.2) is 27.8 Å². The monoisotopic (exact) mass is 414 g/mol. The fraction of sp³-hybridized carbons (Fsp3) is 0.125. The first-order chi connectivity index (χ1) is 15.0. The summed E-state index contributed by atoms with van der Waals surface area (Å²) in [5.74, 6) is 1.28. The number of carbonyl (C=O) groups excluding carboxylic acids is 1. The molecule has 0 radical (unpaired) electrons. The third-order valence-electron chi connectivity index (χ3n) is 4.65. The van der Waals surface area contributed by atoms with Crippen molar-refractivity contribution in [3.8, 4) is 23.1 Å². The van der Waals surface area contributed by atoms with Gasteiger partial charge in [0.2, 0.25) is 5.88 Å². The smallest absolute Gasteiger partial charge is 0.276 e. The summed E-state index contributed by atoms with van der Waals surface area (Å²) in [6, 6.07) is 20.5. The molecule has 31 heavy (non-hydrogen) atoms. The van der Waals surface area contributed by atoms with Crippen LogP contribution in [0, 0.1) is 13.8 Å². The Bertz CT molecular complexity index is 1200. The Hall–Kier alpha value is -4.13. The van der Waals surface area contributed by atoms with Gasteiger partial charge in [-0.15, -0.1) is 0 Å². The van der Waals surface area contributed by atoms with E-state index in [1.165, 1.54) is 6.20 Å². The number of amides is 1. The van der Waals surface area contributed by atoms with E-state index in [2.05, 4.69) is 15.4 Å². The number of rotatable bonds is 6. The first-order valence-electron chi connectivity index (χ1n) is 9.75. The van der Waals surface area contributed by atoms with Gasteiger partial charge in [-0.2, -0.15) is 5.10 Å². The van der Waals surface area contributed by atoms with Crippen molar-refractivity contribution in [3.63, 3.8) is 0 Å². The first kappa shape index (κ1) is 20.2. The van der Waals surface area contributed by atoms with Gasteiger partial charge in [-0.25, -0.2) is 9.67 Å². The van der Waals surface area contributed by atoms with E-state index >= 15 is 0 Å². The third kappa shape index (κ3) is 4.56. The Morgan fingerprint density at radius 3 is 2.48 bits per heavy atom. The van der Waals surface area contributed by atoms with Crippen LogP contribution in [0.3, 0.4) is 0 Å². The molecule has 2 heterocycles. The average Bonchev–Trinajstić information content (AvgIpc) is 3.18. The lowest BCUT2D eigenvalue weighted by Gasteiger charge is -2.10. The molecule has 2 aromatic heterocycles. The van der Waals surface area contributed by atoms with Crippen LogP contribution in [0.1, 0.15) is 21.7 Å². The highest BCUT2D eigenvalue weighted by atomic mass is 16.5. The molecule has 0 aliphatic rings. The summed E-state index contributed by atoms with van der Waals surface area (Å²) >= 11 is 0. The van der Waals surface area contributed by atoms with E-state index in [4.69, 9.17) is 9.47 Å². The van der Waals surface area contributed by atoms with Crippen molar-refractivity contribution in [3.05, 3.63) is 89.9 Å². The number of ether oxygens (including phenoxy) is 2. The topological polar surface area (TPSA) is 78.3 Å². The molecule has 0 aliphatic heterocycles. The molecule has 1 amide bonds. The lowest BCUT2D eigenvalue weighted by molar-refractivity contribution is 0.102. The van der Waals surface area contributed by atoms with Crippen molar-refractivity contribution in [2.24, 2.45) is 0 Å². The number of benzene rings is 2. The maximum atomic E-state index is 12.6. The zero-order chi connectivity index (χ0) is 21.8. The molecule has 156 valence electrons. The van der Waals surface area contributed by atoms with Crippen LogP contribution in [0.15, 0.2) is 72.9 Å². The minimum Gasteiger partial charge on any atom is -0.493 e. The maximum absolute atomic E-state index is 12.6. The predicted molar refractivity (Wildman–Crippen MR) is 118 cm³/mol. The molecule has 0 bridgehead atoms. The molecule has 0 saturated carbocycles. The number of anilines is 1. The van der Waals surface area contributed by atoms with E-state index in [0.29, 0.717) is 28.8 Å². The van der Waals surface area contributed by atoms with Gasteiger partial charge in [0.25, 0.3) is 5.91 Å². The van der Waals surface area contributed by atoms with Gasteiger partial charge in [0.15, 0.2) is 17.2 Å². The zero-order valence-electron chi connectivity index (χ0n) is 17.5. The van der Waals surface area contributed by atoms with Gasteiger partial charge >= 0.3 is 0 Å². The maximum Gasteiger partial charge on any atom is 0.276 e. The van der Waals surface area contributed by atoms with E-state index in [1.54, 1.807) is 30.0 Å². The number of aryl methyl sites for hydroxylation is 2. The molecule has 0 fully saturated rings. The van der Waals surface area contributed by atoms with Crippen molar-refractivity contribution in [2.75, 3.05) is 12.4 Å². The molecule has 7 nitrogen and oxygen atoms in total. The molecule has 4 rings (SSSR count). The Kier molecular flexibility index (Phi) is 5.66. The Morgan fingerprint density at radius 1 is 0.968 bits per heavy atom. The highest BCUT2D eigenvalue weighted by Crippen LogP contribution is 2.31. The summed E-state index contributed by atoms with van der Waals surface area (Å²) in [5, 5.41) is 7.24. The molecule has 7 heteroatoms. The largest absolute Gasteiger partial charge is 0.493 e. The van der Waals surface area contributed by atoms with Crippen LogP contribution in [-0.2, 0) is 0 Å². The van der Waals surface area contributed by atoms with E-state index < -0.39 is 0 Å². The van der Waals surface area contributed by atoms with Crippen molar-refractivity contribution in [2.45, 2.75) is 13.8 Å². The number of nitrogens with zero attached hydrogens (tertiary/aromatic N) is 3. The summed E-state index contributed by atoms with van der Waals surface area (Å²) in [4.78, 5) is 16.9. The van der Waals surface area contributed by atoms with Crippen LogP contribution in [0.25, 0.3) is 5.69 Å². The quantitative estimate of drug-likeness (QED) is 0.484. The minimum atomic E-state index is -0.312. The van der Waals surface area contributed by atoms with Crippen LogP contribution in [0.2, 0.25) is 0 Å². The van der Waals surface area contributed by atoms with Crippen LogP contribution in [0.5, 0.6) is 17.4 Å². The molecule has 1 N–H and O–H groups in total. The minimum absolute atomic E-state index is 0.312. The standard InChI is InChI=1S/C24H22N4O3/c1-16-9-11-21(22(13-16)30-3)31-23-12-10-18(15-25-23)26-24(29)20-14-17(2)28(27-20)19-7-5-4-6-8-19/h4-15H,1-3H3,(H,26,29). The lowest BCUT2D eigenvalue weighted by atomic mass is 10.2. The second-order valence-electron chi connectivity index (χ2n) is 7.01. The SMILES string of the molecule is COc1cc(C)ccc1Oc1ccc(NC(=O)c2cc(C)n(-c3ccccc3)n2)cn1. The first-order valence-corrected chi connectivity index (χ1v) is 9.75. The van der Waals surface area contributed by atoms with Gasteiger partial charge in [0, 0.05) is 11.8 Å². The molecule has 2 aromatic carbocycles. The molecule has 0 unspecified atom stereocenters. The van der Waals surface area contributed by atoms with E-state index in [-0.39, 0.29) is 5.91 Å². The van der Waals surface area contributed by atoms with E-state index in [1.807, 2.05) is 62.4 Å². The average molecular weight is 414 g/mol. The Balaban J connectivity index is 1.45. The summed E-state index contributed by atoms with van der Waals surface area (Å²) < 4.78 is 12.9. The number of para-hydroxylation sites is 1. The molecule has 0 spiro atoms. The van der Waals surface area contributed by atoms with Gasteiger partial charge in [-0.05, 0) is 55.8 Å². The van der Waals surface area contributed by atoms with Gasteiger partial charge in [0.05, 0.1) is 24.7 Å². The van der Waals surface area contributed by atoms with Crippen molar-refractivity contribution in [1.29, 1.82) is 0 Å². The summed E-state index contributed by atoms with van der Waals surface area (Å²) in [5.41, 5.74) is 3.70. The number of nitrogens with one attached hydrogen (secondary N) is 1. The van der Waals surface area contributed by atoms with Gasteiger partial charge in [0.1, 0.15) is 0 Å². The second kappa shape index (κ2) is 8.71. The number of aromatic nitrogens is 3. The number of methoxy groups -OCH3 is 1. The van der Waals surface area contributed by atoms with Crippen molar-refractivity contribution < 1.29 is 14.3 Å². The highest BCUT2D eigenvalue weighted by molar-refractivity contribution is 6.02. The third-order valence-corrected chi connectivity index (χ3v) is 4.65. The summed E-state index contributed by atoms with van der Waals surface area (Å²) in [6.07, 6.45) is 1.54. The highest BCUT2D eigenvalue weighted by Gasteiger charge is 2.14. The molecular formula is C24H22N4O3. The zero-order valence-corrected chi connectivity index (χ0v) is 17.5. The van der Waals surface area contributed by atoms with Gasteiger partial charge < -0.3 is 14.8 Å². The molecule has 0 aliphatic carbocycles. The normalized spacial score (nSPS) is 10.5. The Labute approximate surface area is 180 Å². The number of pyridine rings is 1. The second-order valence-corrected chi connectivity index (χ2v) is 7.01. The summed E-state index contributed by atoms with van der Waals surface area (Å²) in [6.45, 7) is 3.89. The van der Waals surface area contributed by atoms with Crippen molar-refractivity contribution in [1.82, 2.24) is 14.8 Å². The van der Waals surface area contributed by atoms with E-state index in [9.17, 15) is 4.79 Å². The summed E-state index contributed by atoms with van der Waals surface area (Å²) in [7, 11) is 1.59. The molecule has 0 saturated heterocycles. The van der Waals surface area contributed by atoms with E-state index in [0.717, 1.165) is 16.9 Å². The van der Waals surface area contributed by atoms with Gasteiger partial charge in [-0.3, -0.25) is 4.79 Å². The molecule has 4 aromatic rings. The number of carbonyl (C=O) groups is 1. The van der Waals surface area contributed by atoms with Crippen LogP contribution in [0.4, 0.5) is 5.69 Å². The number of hydrogen-bond donors (Lipinski definition) is 1. The Morgan fingerprint density at radius 2 is 1.77 bits per heavy atom. The fourth-order valence-electron chi connectivity index (χ4n) is 3.10. The fourth-order valence-corrected chi connectivity index (χ4v) is 3.10. The van der Waals surface area contributed by atoms with Gasteiger partial charge in [-0.1, -0.05) is 24.3 Å².